The molecular weight excluding hydrogens is 584 g/mol. The van der Waals surface area contributed by atoms with Crippen LogP contribution in [0.15, 0.2) is 43.4 Å². The molecule has 2 saturated carbocycles. The molecule has 0 amide bonds. The predicted molar refractivity (Wildman–Crippen MR) is 166 cm³/mol. The molecule has 4 aromatic heterocycles. The highest BCUT2D eigenvalue weighted by atomic mass is 16.5. The number of carbonyl (C=O) groups is 2. The number of methoxy groups -OCH3 is 1. The number of aromatic nitrogens is 6. The number of pyridine rings is 2. The Labute approximate surface area is 257 Å². The van der Waals surface area contributed by atoms with Gasteiger partial charge in [-0.25, -0.2) is 9.59 Å². The van der Waals surface area contributed by atoms with Crippen LogP contribution in [0.5, 0.6) is 0 Å². The van der Waals surface area contributed by atoms with Gasteiger partial charge >= 0.3 is 23.3 Å². The van der Waals surface area contributed by atoms with Crippen LogP contribution in [0, 0.1) is 23.7 Å². The minimum absolute atomic E-state index is 0.0275. The zero-order valence-corrected chi connectivity index (χ0v) is 25.8. The zero-order chi connectivity index (χ0) is 32.4. The van der Waals surface area contributed by atoms with Crippen molar-refractivity contribution >= 4 is 34.3 Å². The summed E-state index contributed by atoms with van der Waals surface area (Å²) in [5, 5.41) is 9.04. The average molecular weight is 625 g/mol. The van der Waals surface area contributed by atoms with Crippen LogP contribution in [0.1, 0.15) is 51.4 Å². The average Bonchev–Trinajstić information content (AvgIpc) is 3.40. The maximum absolute atomic E-state index is 12.4. The van der Waals surface area contributed by atoms with Crippen molar-refractivity contribution in [1.29, 1.82) is 0 Å². The van der Waals surface area contributed by atoms with E-state index in [2.05, 4.69) is 9.97 Å². The molecule has 0 radical (unpaired) electrons. The lowest BCUT2D eigenvalue weighted by Crippen LogP contribution is -2.29. The Kier molecular flexibility index (Phi) is 9.30. The van der Waals surface area contributed by atoms with Crippen molar-refractivity contribution in [3.8, 4) is 0 Å². The number of nitrogens with zero attached hydrogens (tertiary/aromatic N) is 4. The van der Waals surface area contributed by atoms with Gasteiger partial charge in [0.25, 0.3) is 0 Å². The number of H-pyrrole nitrogens is 2. The first kappa shape index (κ1) is 31.8. The molecule has 0 saturated heterocycles. The highest BCUT2D eigenvalue weighted by Crippen LogP contribution is 2.31. The molecule has 6 rings (SSSR count). The normalized spacial score (nSPS) is 21.8. The third-order valence-electron chi connectivity index (χ3n) is 9.51. The molecule has 14 nitrogen and oxygen atoms in total. The zero-order valence-electron chi connectivity index (χ0n) is 25.8. The number of carbonyl (C=O) groups excluding carboxylic acids is 1. The third kappa shape index (κ3) is 6.59. The largest absolute Gasteiger partial charge is 0.481 e. The number of aryl methyl sites for hydroxylation is 2. The second-order valence-electron chi connectivity index (χ2n) is 12.3. The van der Waals surface area contributed by atoms with Crippen molar-refractivity contribution in [2.75, 3.05) is 7.11 Å². The molecule has 0 unspecified atom stereocenters. The standard InChI is InChI=1S/C16H21N3O4.C15H19N3O4/c1-18-12-7-8-13(20)17-14(12)19(16(18)22)9-10-3-5-11(6-4-10)15(21)23-2;1-17-11-6-7-12(19)16-13(11)18(15(17)22)8-9-2-4-10(5-3-9)14(20)21/h7-8,10-11H,3-6,9H2,1-2H3,(H,17,20);6-7,9-10H,2-5,8H2,1H3,(H,16,19)(H,20,21). The quantitative estimate of drug-likeness (QED) is 0.272. The fraction of sp³-hybridized carbons (Fsp3) is 0.548. The van der Waals surface area contributed by atoms with Crippen molar-refractivity contribution in [1.82, 2.24) is 28.2 Å². The third-order valence-corrected chi connectivity index (χ3v) is 9.51. The molecule has 4 heterocycles. The highest BCUT2D eigenvalue weighted by molar-refractivity contribution is 5.73. The van der Waals surface area contributed by atoms with Crippen molar-refractivity contribution < 1.29 is 19.4 Å². The summed E-state index contributed by atoms with van der Waals surface area (Å²) in [5.74, 6) is -0.577. The Balaban J connectivity index is 0.000000178. The summed E-state index contributed by atoms with van der Waals surface area (Å²) in [7, 11) is 4.80. The minimum Gasteiger partial charge on any atom is -0.481 e. The number of imidazole rings is 2. The minimum atomic E-state index is -0.731. The van der Waals surface area contributed by atoms with Gasteiger partial charge in [-0.3, -0.25) is 37.4 Å². The van der Waals surface area contributed by atoms with Crippen LogP contribution in [-0.4, -0.2) is 52.4 Å². The number of carboxylic acid groups (broad SMARTS) is 1. The number of aromatic amines is 2. The first-order valence-electron chi connectivity index (χ1n) is 15.4. The summed E-state index contributed by atoms with van der Waals surface area (Å²) in [6.45, 7) is 1.08. The summed E-state index contributed by atoms with van der Waals surface area (Å²) in [5.41, 5.74) is 1.80. The van der Waals surface area contributed by atoms with Gasteiger partial charge in [0.05, 0.1) is 30.0 Å². The summed E-state index contributed by atoms with van der Waals surface area (Å²) in [6.07, 6.45) is 6.19. The summed E-state index contributed by atoms with van der Waals surface area (Å²) in [4.78, 5) is 75.9. The lowest BCUT2D eigenvalue weighted by molar-refractivity contribution is -0.147. The van der Waals surface area contributed by atoms with E-state index in [4.69, 9.17) is 9.84 Å². The molecule has 4 aromatic rings. The van der Waals surface area contributed by atoms with Crippen molar-refractivity contribution in [3.05, 3.63) is 65.9 Å². The number of rotatable bonds is 6. The smallest absolute Gasteiger partial charge is 0.330 e. The van der Waals surface area contributed by atoms with Gasteiger partial charge in [-0.05, 0) is 75.3 Å². The molecule has 0 atom stereocenters. The molecule has 2 fully saturated rings. The van der Waals surface area contributed by atoms with Crippen LogP contribution in [0.25, 0.3) is 22.3 Å². The Morgan fingerprint density at radius 2 is 1.11 bits per heavy atom. The van der Waals surface area contributed by atoms with E-state index in [1.54, 1.807) is 39.9 Å². The molecule has 242 valence electrons. The van der Waals surface area contributed by atoms with Gasteiger partial charge in [-0.1, -0.05) is 0 Å². The fourth-order valence-electron chi connectivity index (χ4n) is 6.82. The lowest BCUT2D eigenvalue weighted by atomic mass is 9.82. The molecule has 14 heteroatoms. The number of hydrogen-bond donors (Lipinski definition) is 3. The number of ether oxygens (including phenoxy) is 1. The Morgan fingerprint density at radius 3 is 1.49 bits per heavy atom. The second-order valence-corrected chi connectivity index (χ2v) is 12.3. The van der Waals surface area contributed by atoms with E-state index in [1.165, 1.54) is 23.8 Å². The van der Waals surface area contributed by atoms with Gasteiger partial charge in [0.1, 0.15) is 11.3 Å². The van der Waals surface area contributed by atoms with E-state index >= 15 is 0 Å². The molecule has 2 aliphatic carbocycles. The van der Waals surface area contributed by atoms with Gasteiger partial charge in [-0.2, -0.15) is 0 Å². The van der Waals surface area contributed by atoms with E-state index in [-0.39, 0.29) is 46.2 Å². The second kappa shape index (κ2) is 13.2. The van der Waals surface area contributed by atoms with E-state index in [9.17, 15) is 28.8 Å². The lowest BCUT2D eigenvalue weighted by Gasteiger charge is -2.26. The number of carboxylic acids is 1. The molecule has 0 aliphatic heterocycles. The molecule has 0 spiro atoms. The predicted octanol–water partition coefficient (Wildman–Crippen LogP) is 1.93. The molecule has 3 N–H and O–H groups in total. The van der Waals surface area contributed by atoms with E-state index in [0.29, 0.717) is 48.7 Å². The van der Waals surface area contributed by atoms with Crippen LogP contribution < -0.4 is 22.5 Å². The highest BCUT2D eigenvalue weighted by Gasteiger charge is 2.29. The molecule has 45 heavy (non-hydrogen) atoms. The van der Waals surface area contributed by atoms with Crippen molar-refractivity contribution in [2.45, 2.75) is 64.5 Å². The van der Waals surface area contributed by atoms with Crippen LogP contribution in [-0.2, 0) is 41.5 Å². The fourth-order valence-corrected chi connectivity index (χ4v) is 6.82. The van der Waals surface area contributed by atoms with E-state index in [1.807, 2.05) is 0 Å². The van der Waals surface area contributed by atoms with Gasteiger partial charge in [0.15, 0.2) is 0 Å². The number of nitrogens with one attached hydrogen (secondary N) is 2. The Bertz CT molecular complexity index is 1940. The SMILES string of the molecule is COC(=O)C1CCC(Cn2c(=O)n(C)c3ccc(=O)[nH]c32)CC1.Cn1c(=O)n(CC2CCC(C(=O)O)CC2)c2[nH]c(=O)ccc21. The maximum Gasteiger partial charge on any atom is 0.330 e. The topological polar surface area (TPSA) is 183 Å². The first-order chi connectivity index (χ1) is 21.5. The Hall–Kier alpha value is -4.62. The molecule has 0 bridgehead atoms. The molecule has 0 aromatic carbocycles. The van der Waals surface area contributed by atoms with Gasteiger partial charge in [0, 0.05) is 39.3 Å². The monoisotopic (exact) mass is 624 g/mol. The Morgan fingerprint density at radius 1 is 0.711 bits per heavy atom. The number of esters is 1. The van der Waals surface area contributed by atoms with Gasteiger partial charge in [-0.15, -0.1) is 0 Å². The molecule has 2 aliphatic rings. The number of fused-ring (bicyclic) bond motifs is 2. The molecular formula is C31H40N6O8. The van der Waals surface area contributed by atoms with Crippen LogP contribution >= 0.6 is 0 Å². The maximum atomic E-state index is 12.4. The van der Waals surface area contributed by atoms with E-state index < -0.39 is 5.97 Å². The van der Waals surface area contributed by atoms with Crippen LogP contribution in [0.4, 0.5) is 0 Å². The van der Waals surface area contributed by atoms with Crippen LogP contribution in [0.3, 0.4) is 0 Å². The summed E-state index contributed by atoms with van der Waals surface area (Å²) < 4.78 is 11.1. The van der Waals surface area contributed by atoms with E-state index in [0.717, 1.165) is 44.0 Å². The van der Waals surface area contributed by atoms with Gasteiger partial charge in [0.2, 0.25) is 11.1 Å². The first-order valence-corrected chi connectivity index (χ1v) is 15.4. The number of aliphatic carboxylic acids is 1. The van der Waals surface area contributed by atoms with Gasteiger partial charge < -0.3 is 19.8 Å². The number of hydrogen-bond acceptors (Lipinski definition) is 7. The van der Waals surface area contributed by atoms with Crippen LogP contribution in [0.2, 0.25) is 0 Å². The van der Waals surface area contributed by atoms with Crippen molar-refractivity contribution in [3.63, 3.8) is 0 Å². The van der Waals surface area contributed by atoms with Crippen molar-refractivity contribution in [2.24, 2.45) is 37.8 Å². The summed E-state index contributed by atoms with van der Waals surface area (Å²) in [6, 6.07) is 6.14. The summed E-state index contributed by atoms with van der Waals surface area (Å²) >= 11 is 0.